The monoisotopic (exact) mass is 297 g/mol. The van der Waals surface area contributed by atoms with Crippen molar-refractivity contribution in [2.45, 2.75) is 24.9 Å². The van der Waals surface area contributed by atoms with Gasteiger partial charge < -0.3 is 10.6 Å². The second-order valence-corrected chi connectivity index (χ2v) is 6.11. The Hall–Kier alpha value is -2.00. The van der Waals surface area contributed by atoms with Gasteiger partial charge in [0.25, 0.3) is 0 Å². The Kier molecular flexibility index (Phi) is 2.89. The molecule has 0 bridgehead atoms. The summed E-state index contributed by atoms with van der Waals surface area (Å²) < 4.78 is 0. The van der Waals surface area contributed by atoms with Gasteiger partial charge in [0.15, 0.2) is 0 Å². The Morgan fingerprint density at radius 2 is 1.86 bits per heavy atom. The fourth-order valence-corrected chi connectivity index (χ4v) is 2.96. The molecule has 0 amide bonds. The number of nitrogens with one attached hydrogen (secondary N) is 2. The highest BCUT2D eigenvalue weighted by molar-refractivity contribution is 6.30. The van der Waals surface area contributed by atoms with Gasteiger partial charge in [-0.3, -0.25) is 4.99 Å². The van der Waals surface area contributed by atoms with Gasteiger partial charge in [0, 0.05) is 5.02 Å². The number of amidine groups is 1. The highest BCUT2D eigenvalue weighted by atomic mass is 35.5. The molecule has 2 N–H and O–H groups in total. The van der Waals surface area contributed by atoms with Gasteiger partial charge in [0.2, 0.25) is 0 Å². The topological polar surface area (TPSA) is 36.4 Å². The average Bonchev–Trinajstić information content (AvgIpc) is 3.25. The summed E-state index contributed by atoms with van der Waals surface area (Å²) in [5.41, 5.74) is 3.41. The number of rotatable bonds is 2. The Labute approximate surface area is 129 Å². The first kappa shape index (κ1) is 12.7. The van der Waals surface area contributed by atoms with E-state index in [9.17, 15) is 0 Å². The van der Waals surface area contributed by atoms with E-state index in [4.69, 9.17) is 16.6 Å². The van der Waals surface area contributed by atoms with Crippen LogP contribution in [0.4, 0.5) is 11.4 Å². The van der Waals surface area contributed by atoms with Gasteiger partial charge >= 0.3 is 0 Å². The molecule has 4 rings (SSSR count). The molecule has 1 heterocycles. The van der Waals surface area contributed by atoms with E-state index in [0.29, 0.717) is 6.54 Å². The van der Waals surface area contributed by atoms with Crippen molar-refractivity contribution < 1.29 is 0 Å². The van der Waals surface area contributed by atoms with Crippen molar-refractivity contribution in [3.05, 3.63) is 59.1 Å². The number of aliphatic imine (C=N–C) groups is 1. The lowest BCUT2D eigenvalue weighted by molar-refractivity contribution is 0.932. The van der Waals surface area contributed by atoms with Crippen molar-refractivity contribution in [3.8, 4) is 0 Å². The summed E-state index contributed by atoms with van der Waals surface area (Å²) in [6, 6.07) is 16.1. The summed E-state index contributed by atoms with van der Waals surface area (Å²) in [5, 5.41) is 7.87. The molecule has 2 aromatic rings. The van der Waals surface area contributed by atoms with Crippen LogP contribution in [0, 0.1) is 0 Å². The van der Waals surface area contributed by atoms with E-state index in [1.54, 1.807) is 0 Å². The molecule has 3 nitrogen and oxygen atoms in total. The Bertz CT molecular complexity index is 719. The molecule has 2 aliphatic rings. The first-order valence-corrected chi connectivity index (χ1v) is 7.57. The molecule has 0 atom stereocenters. The fraction of sp³-hybridized carbons (Fsp3) is 0.235. The number of para-hydroxylation sites is 2. The van der Waals surface area contributed by atoms with Gasteiger partial charge in [-0.15, -0.1) is 0 Å². The first-order valence-electron chi connectivity index (χ1n) is 7.19. The zero-order valence-electron chi connectivity index (χ0n) is 11.6. The number of nitrogens with zero attached hydrogens (tertiary/aromatic N) is 1. The van der Waals surface area contributed by atoms with Crippen LogP contribution in [-0.2, 0) is 6.54 Å². The van der Waals surface area contributed by atoms with Crippen LogP contribution >= 0.6 is 11.6 Å². The van der Waals surface area contributed by atoms with Crippen LogP contribution in [-0.4, -0.2) is 11.4 Å². The molecule has 1 aliphatic carbocycles. The summed E-state index contributed by atoms with van der Waals surface area (Å²) >= 11 is 6.03. The van der Waals surface area contributed by atoms with Crippen LogP contribution < -0.4 is 10.6 Å². The van der Waals surface area contributed by atoms with Gasteiger partial charge in [0.1, 0.15) is 5.84 Å². The molecular weight excluding hydrogens is 282 g/mol. The van der Waals surface area contributed by atoms with E-state index in [2.05, 4.69) is 34.9 Å². The third-order valence-electron chi connectivity index (χ3n) is 4.07. The molecule has 1 fully saturated rings. The van der Waals surface area contributed by atoms with Gasteiger partial charge in [-0.25, -0.2) is 0 Å². The van der Waals surface area contributed by atoms with Crippen LogP contribution in [0.2, 0.25) is 5.02 Å². The van der Waals surface area contributed by atoms with Crippen molar-refractivity contribution in [2.75, 3.05) is 10.6 Å². The minimum absolute atomic E-state index is 0.0208. The van der Waals surface area contributed by atoms with Crippen LogP contribution in [0.15, 0.2) is 53.5 Å². The lowest BCUT2D eigenvalue weighted by atomic mass is 10.1. The predicted molar refractivity (Wildman–Crippen MR) is 88.2 cm³/mol. The standard InChI is InChI=1S/C17H16ClN3/c18-13-5-3-4-12(10-13)11-19-16-17(8-9-17)21-15-7-2-1-6-14(15)20-16/h1-7,10,21H,8-9,11H2,(H,19,20). The van der Waals surface area contributed by atoms with Gasteiger partial charge in [-0.2, -0.15) is 0 Å². The lowest BCUT2D eigenvalue weighted by Crippen LogP contribution is -2.41. The number of benzene rings is 2. The van der Waals surface area contributed by atoms with E-state index in [-0.39, 0.29) is 5.54 Å². The maximum Gasteiger partial charge on any atom is 0.127 e. The predicted octanol–water partition coefficient (Wildman–Crippen LogP) is 4.31. The van der Waals surface area contributed by atoms with Crippen molar-refractivity contribution in [3.63, 3.8) is 0 Å². The van der Waals surface area contributed by atoms with E-state index in [0.717, 1.165) is 40.6 Å². The number of fused-ring (bicyclic) bond motifs is 1. The molecule has 1 spiro atoms. The summed E-state index contributed by atoms with van der Waals surface area (Å²) in [7, 11) is 0. The number of hydrogen-bond donors (Lipinski definition) is 2. The summed E-state index contributed by atoms with van der Waals surface area (Å²) in [5.74, 6) is 1.04. The SMILES string of the molecule is Clc1cccc(CN=C2Nc3ccccc3NC23CC3)c1. The van der Waals surface area contributed by atoms with Crippen LogP contribution in [0.5, 0.6) is 0 Å². The molecule has 0 radical (unpaired) electrons. The van der Waals surface area contributed by atoms with Crippen molar-refractivity contribution in [1.29, 1.82) is 0 Å². The largest absolute Gasteiger partial charge is 0.371 e. The second-order valence-electron chi connectivity index (χ2n) is 5.67. The van der Waals surface area contributed by atoms with Crippen LogP contribution in [0.1, 0.15) is 18.4 Å². The molecule has 0 aromatic heterocycles. The van der Waals surface area contributed by atoms with Crippen molar-refractivity contribution >= 4 is 28.8 Å². The minimum Gasteiger partial charge on any atom is -0.371 e. The molecular formula is C17H16ClN3. The second kappa shape index (κ2) is 4.78. The Morgan fingerprint density at radius 3 is 2.62 bits per heavy atom. The molecule has 1 saturated carbocycles. The number of anilines is 2. The molecule has 4 heteroatoms. The molecule has 106 valence electrons. The van der Waals surface area contributed by atoms with Gasteiger partial charge in [-0.1, -0.05) is 35.9 Å². The van der Waals surface area contributed by atoms with Crippen molar-refractivity contribution in [2.24, 2.45) is 4.99 Å². The lowest BCUT2D eigenvalue weighted by Gasteiger charge is -2.30. The third-order valence-corrected chi connectivity index (χ3v) is 4.30. The first-order chi connectivity index (χ1) is 10.3. The smallest absolute Gasteiger partial charge is 0.127 e. The van der Waals surface area contributed by atoms with Gasteiger partial charge in [-0.05, 0) is 42.7 Å². The summed E-state index contributed by atoms with van der Waals surface area (Å²) in [6.07, 6.45) is 2.26. The summed E-state index contributed by atoms with van der Waals surface area (Å²) in [6.45, 7) is 0.647. The zero-order chi connectivity index (χ0) is 14.3. The minimum atomic E-state index is 0.0208. The van der Waals surface area contributed by atoms with Crippen LogP contribution in [0.25, 0.3) is 0 Å². The Balaban J connectivity index is 1.61. The third kappa shape index (κ3) is 2.38. The Morgan fingerprint density at radius 1 is 1.05 bits per heavy atom. The molecule has 2 aromatic carbocycles. The van der Waals surface area contributed by atoms with E-state index in [1.807, 2.05) is 24.3 Å². The van der Waals surface area contributed by atoms with Gasteiger partial charge in [0.05, 0.1) is 23.5 Å². The average molecular weight is 298 g/mol. The van der Waals surface area contributed by atoms with Crippen LogP contribution in [0.3, 0.4) is 0 Å². The zero-order valence-corrected chi connectivity index (χ0v) is 12.3. The normalized spacial score (nSPS) is 19.8. The van der Waals surface area contributed by atoms with Crippen molar-refractivity contribution in [1.82, 2.24) is 0 Å². The molecule has 1 aliphatic heterocycles. The number of hydrogen-bond acceptors (Lipinski definition) is 2. The quantitative estimate of drug-likeness (QED) is 0.866. The van der Waals surface area contributed by atoms with E-state index < -0.39 is 0 Å². The van der Waals surface area contributed by atoms with E-state index in [1.165, 1.54) is 0 Å². The highest BCUT2D eigenvalue weighted by Gasteiger charge is 2.50. The highest BCUT2D eigenvalue weighted by Crippen LogP contribution is 2.45. The number of halogens is 1. The molecule has 0 unspecified atom stereocenters. The maximum absolute atomic E-state index is 6.03. The maximum atomic E-state index is 6.03. The van der Waals surface area contributed by atoms with E-state index >= 15 is 0 Å². The fourth-order valence-electron chi connectivity index (χ4n) is 2.75. The summed E-state index contributed by atoms with van der Waals surface area (Å²) in [4.78, 5) is 4.79. The molecule has 0 saturated heterocycles. The molecule has 21 heavy (non-hydrogen) atoms.